The first-order chi connectivity index (χ1) is 8.76. The Labute approximate surface area is 110 Å². The van der Waals surface area contributed by atoms with Crippen LogP contribution in [0.25, 0.3) is 0 Å². The molecule has 0 heterocycles. The first kappa shape index (κ1) is 15.2. The van der Waals surface area contributed by atoms with E-state index in [2.05, 4.69) is 15.6 Å². The number of aliphatic hydroxyl groups is 1. The van der Waals surface area contributed by atoms with Crippen molar-refractivity contribution in [3.05, 3.63) is 0 Å². The number of methoxy groups -OCH3 is 1. The van der Waals surface area contributed by atoms with E-state index in [9.17, 15) is 0 Å². The molecule has 1 fully saturated rings. The lowest BCUT2D eigenvalue weighted by atomic mass is 9.67. The fourth-order valence-corrected chi connectivity index (χ4v) is 2.25. The van der Waals surface area contributed by atoms with Crippen LogP contribution >= 0.6 is 0 Å². The highest BCUT2D eigenvalue weighted by Gasteiger charge is 2.36. The van der Waals surface area contributed by atoms with Crippen molar-refractivity contribution in [1.82, 2.24) is 10.6 Å². The summed E-state index contributed by atoms with van der Waals surface area (Å²) in [5.41, 5.74) is 0.345. The van der Waals surface area contributed by atoms with Gasteiger partial charge in [0.15, 0.2) is 5.96 Å². The van der Waals surface area contributed by atoms with Gasteiger partial charge in [0, 0.05) is 33.4 Å². The van der Waals surface area contributed by atoms with Gasteiger partial charge in [-0.25, -0.2) is 0 Å². The molecule has 1 rings (SSSR count). The molecule has 0 aromatic rings. The minimum atomic E-state index is 0.124. The third-order valence-electron chi connectivity index (χ3n) is 3.57. The summed E-state index contributed by atoms with van der Waals surface area (Å²) < 4.78 is 5.18. The summed E-state index contributed by atoms with van der Waals surface area (Å²) in [6.07, 6.45) is 4.89. The maximum atomic E-state index is 8.82. The molecule has 0 radical (unpaired) electrons. The lowest BCUT2D eigenvalue weighted by molar-refractivity contribution is 0.0778. The zero-order valence-electron chi connectivity index (χ0n) is 11.7. The monoisotopic (exact) mass is 257 g/mol. The van der Waals surface area contributed by atoms with E-state index in [1.807, 2.05) is 6.92 Å². The summed E-state index contributed by atoms with van der Waals surface area (Å²) in [6.45, 7) is 5.20. The summed E-state index contributed by atoms with van der Waals surface area (Å²) >= 11 is 0. The van der Waals surface area contributed by atoms with Gasteiger partial charge < -0.3 is 20.5 Å². The number of nitrogens with one attached hydrogen (secondary N) is 2. The predicted molar refractivity (Wildman–Crippen MR) is 73.8 cm³/mol. The second-order valence-corrected chi connectivity index (χ2v) is 4.94. The van der Waals surface area contributed by atoms with Crippen LogP contribution in [-0.2, 0) is 4.74 Å². The molecule has 1 aliphatic rings. The van der Waals surface area contributed by atoms with Crippen LogP contribution in [0.4, 0.5) is 0 Å². The molecular formula is C13H27N3O2. The van der Waals surface area contributed by atoms with Gasteiger partial charge >= 0.3 is 0 Å². The number of hydrogen-bond acceptors (Lipinski definition) is 3. The number of aliphatic hydroxyl groups excluding tert-OH is 1. The van der Waals surface area contributed by atoms with E-state index in [0.29, 0.717) is 12.0 Å². The SMILES string of the molecule is CCNC(=NCC1(CCOC)CCC1)NCCO. The summed E-state index contributed by atoms with van der Waals surface area (Å²) in [4.78, 5) is 4.63. The van der Waals surface area contributed by atoms with E-state index >= 15 is 0 Å². The standard InChI is InChI=1S/C13H27N3O2/c1-3-14-12(15-8-9-17)16-11-13(5-4-6-13)7-10-18-2/h17H,3-11H2,1-2H3,(H2,14,15,16). The van der Waals surface area contributed by atoms with Gasteiger partial charge in [-0.05, 0) is 31.6 Å². The van der Waals surface area contributed by atoms with Crippen molar-refractivity contribution < 1.29 is 9.84 Å². The van der Waals surface area contributed by atoms with Crippen LogP contribution in [0, 0.1) is 5.41 Å². The number of guanidine groups is 1. The Hall–Kier alpha value is -0.810. The van der Waals surface area contributed by atoms with Crippen molar-refractivity contribution >= 4 is 5.96 Å². The molecule has 0 unspecified atom stereocenters. The topological polar surface area (TPSA) is 65.9 Å². The predicted octanol–water partition coefficient (Wildman–Crippen LogP) is 0.741. The number of ether oxygens (including phenoxy) is 1. The van der Waals surface area contributed by atoms with Crippen LogP contribution in [0.3, 0.4) is 0 Å². The zero-order valence-corrected chi connectivity index (χ0v) is 11.7. The zero-order chi connectivity index (χ0) is 13.3. The minimum absolute atomic E-state index is 0.124. The fraction of sp³-hybridized carbons (Fsp3) is 0.923. The van der Waals surface area contributed by atoms with Crippen molar-refractivity contribution in [3.8, 4) is 0 Å². The molecule has 106 valence electrons. The van der Waals surface area contributed by atoms with Crippen LogP contribution < -0.4 is 10.6 Å². The molecule has 0 aromatic heterocycles. The third-order valence-corrected chi connectivity index (χ3v) is 3.57. The molecule has 0 aliphatic heterocycles. The molecule has 0 atom stereocenters. The molecule has 1 saturated carbocycles. The van der Waals surface area contributed by atoms with E-state index in [4.69, 9.17) is 9.84 Å². The molecular weight excluding hydrogens is 230 g/mol. The normalized spacial score (nSPS) is 18.3. The van der Waals surface area contributed by atoms with Gasteiger partial charge in [0.2, 0.25) is 0 Å². The van der Waals surface area contributed by atoms with Gasteiger partial charge in [0.05, 0.1) is 6.61 Å². The second-order valence-electron chi connectivity index (χ2n) is 4.94. The first-order valence-electron chi connectivity index (χ1n) is 6.88. The van der Waals surface area contributed by atoms with Gasteiger partial charge in [0.1, 0.15) is 0 Å². The lowest BCUT2D eigenvalue weighted by Gasteiger charge is -2.40. The van der Waals surface area contributed by atoms with Crippen molar-refractivity contribution in [2.75, 3.05) is 40.0 Å². The van der Waals surface area contributed by atoms with Crippen LogP contribution in [0.5, 0.6) is 0 Å². The Morgan fingerprint density at radius 2 is 2.17 bits per heavy atom. The van der Waals surface area contributed by atoms with Gasteiger partial charge in [-0.2, -0.15) is 0 Å². The maximum Gasteiger partial charge on any atom is 0.191 e. The number of nitrogens with zero attached hydrogens (tertiary/aromatic N) is 1. The van der Waals surface area contributed by atoms with Crippen LogP contribution in [0.1, 0.15) is 32.6 Å². The fourth-order valence-electron chi connectivity index (χ4n) is 2.25. The molecule has 0 amide bonds. The van der Waals surface area contributed by atoms with Crippen LogP contribution in [0.2, 0.25) is 0 Å². The molecule has 0 spiro atoms. The van der Waals surface area contributed by atoms with Crippen LogP contribution in [0.15, 0.2) is 4.99 Å². The average Bonchev–Trinajstić information content (AvgIpc) is 2.34. The first-order valence-corrected chi connectivity index (χ1v) is 6.88. The lowest BCUT2D eigenvalue weighted by Crippen LogP contribution is -2.41. The highest BCUT2D eigenvalue weighted by atomic mass is 16.5. The summed E-state index contributed by atoms with van der Waals surface area (Å²) in [5.74, 6) is 0.801. The maximum absolute atomic E-state index is 8.82. The number of rotatable bonds is 8. The molecule has 0 aromatic carbocycles. The van der Waals surface area contributed by atoms with Gasteiger partial charge in [-0.15, -0.1) is 0 Å². The highest BCUT2D eigenvalue weighted by molar-refractivity contribution is 5.79. The average molecular weight is 257 g/mol. The Morgan fingerprint density at radius 3 is 2.67 bits per heavy atom. The van der Waals surface area contributed by atoms with Gasteiger partial charge in [0.25, 0.3) is 0 Å². The molecule has 5 nitrogen and oxygen atoms in total. The van der Waals surface area contributed by atoms with Gasteiger partial charge in [-0.1, -0.05) is 6.42 Å². The Morgan fingerprint density at radius 1 is 1.39 bits per heavy atom. The smallest absolute Gasteiger partial charge is 0.191 e. The molecule has 0 saturated heterocycles. The van der Waals surface area contributed by atoms with Crippen LogP contribution in [-0.4, -0.2) is 51.0 Å². The Balaban J connectivity index is 2.45. The third kappa shape index (κ3) is 4.82. The quantitative estimate of drug-likeness (QED) is 0.443. The molecule has 5 heteroatoms. The second kappa shape index (κ2) is 8.32. The van der Waals surface area contributed by atoms with Crippen molar-refractivity contribution in [2.45, 2.75) is 32.6 Å². The highest BCUT2D eigenvalue weighted by Crippen LogP contribution is 2.44. The minimum Gasteiger partial charge on any atom is -0.395 e. The molecule has 1 aliphatic carbocycles. The van der Waals surface area contributed by atoms with Crippen molar-refractivity contribution in [2.24, 2.45) is 10.4 Å². The van der Waals surface area contributed by atoms with E-state index in [1.54, 1.807) is 7.11 Å². The molecule has 3 N–H and O–H groups in total. The number of hydrogen-bond donors (Lipinski definition) is 3. The van der Waals surface area contributed by atoms with E-state index in [0.717, 1.165) is 32.1 Å². The molecule has 18 heavy (non-hydrogen) atoms. The van der Waals surface area contributed by atoms with Gasteiger partial charge in [-0.3, -0.25) is 4.99 Å². The summed E-state index contributed by atoms with van der Waals surface area (Å²) in [5, 5.41) is 15.1. The largest absolute Gasteiger partial charge is 0.395 e. The van der Waals surface area contributed by atoms with E-state index < -0.39 is 0 Å². The number of aliphatic imine (C=N–C) groups is 1. The van der Waals surface area contributed by atoms with Crippen molar-refractivity contribution in [3.63, 3.8) is 0 Å². The Bertz CT molecular complexity index is 253. The van der Waals surface area contributed by atoms with E-state index in [1.165, 1.54) is 19.3 Å². The summed E-state index contributed by atoms with van der Waals surface area (Å²) in [6, 6.07) is 0. The van der Waals surface area contributed by atoms with Crippen molar-refractivity contribution in [1.29, 1.82) is 0 Å². The Kier molecular flexibility index (Phi) is 7.05. The van der Waals surface area contributed by atoms with E-state index in [-0.39, 0.29) is 6.61 Å². The summed E-state index contributed by atoms with van der Waals surface area (Å²) in [7, 11) is 1.75. The molecule has 0 bridgehead atoms.